The maximum Gasteiger partial charge on any atom is 0.265 e. The number of benzene rings is 1. The van der Waals surface area contributed by atoms with Crippen molar-refractivity contribution in [2.75, 3.05) is 5.32 Å². The Labute approximate surface area is 167 Å². The van der Waals surface area contributed by atoms with Crippen LogP contribution in [-0.2, 0) is 19.4 Å². The number of hydrogen-bond donors (Lipinski definition) is 1. The minimum Gasteiger partial charge on any atom is -0.321 e. The monoisotopic (exact) mass is 398 g/mol. The average Bonchev–Trinajstić information content (AvgIpc) is 3.18. The molecule has 0 saturated heterocycles. The molecule has 1 aliphatic heterocycles. The maximum absolute atomic E-state index is 14.6. The minimum absolute atomic E-state index is 0.176. The van der Waals surface area contributed by atoms with Gasteiger partial charge in [-0.2, -0.15) is 0 Å². The van der Waals surface area contributed by atoms with Gasteiger partial charge < -0.3 is 9.88 Å². The van der Waals surface area contributed by atoms with Gasteiger partial charge in [0, 0.05) is 23.5 Å². The van der Waals surface area contributed by atoms with Crippen molar-refractivity contribution in [1.82, 2.24) is 14.8 Å². The summed E-state index contributed by atoms with van der Waals surface area (Å²) in [6.07, 6.45) is 5.02. The highest BCUT2D eigenvalue weighted by molar-refractivity contribution is 7.14. The van der Waals surface area contributed by atoms with Crippen LogP contribution in [0.25, 0.3) is 11.4 Å². The minimum atomic E-state index is -0.363. The van der Waals surface area contributed by atoms with Crippen LogP contribution in [0.15, 0.2) is 24.3 Å². The standard InChI is InChI=1S/C21H23FN4OS/c1-3-17-13(2)11-18(28-17)21(27)23-14-8-9-16(22)15(12-14)20-25-24-19-7-5-4-6-10-26(19)20/h8-9,11-12H,3-7,10H2,1-2H3,(H,23,27). The molecule has 0 radical (unpaired) electrons. The molecule has 1 amide bonds. The number of carbonyl (C=O) groups excluding carboxylic acids is 1. The zero-order valence-corrected chi connectivity index (χ0v) is 16.9. The van der Waals surface area contributed by atoms with Crippen LogP contribution in [0.4, 0.5) is 10.1 Å². The van der Waals surface area contributed by atoms with Crippen LogP contribution in [0.1, 0.15) is 52.1 Å². The number of fused-ring (bicyclic) bond motifs is 1. The lowest BCUT2D eigenvalue weighted by atomic mass is 10.1. The van der Waals surface area contributed by atoms with Gasteiger partial charge in [-0.1, -0.05) is 13.3 Å². The summed E-state index contributed by atoms with van der Waals surface area (Å²) in [7, 11) is 0. The van der Waals surface area contributed by atoms with Gasteiger partial charge in [0.25, 0.3) is 5.91 Å². The SMILES string of the molecule is CCc1sc(C(=O)Nc2ccc(F)c(-c3nnc4n3CCCCC4)c2)cc1C. The molecule has 0 saturated carbocycles. The quantitative estimate of drug-likeness (QED) is 0.673. The normalized spacial score (nSPS) is 13.8. The van der Waals surface area contributed by atoms with E-state index in [9.17, 15) is 9.18 Å². The van der Waals surface area contributed by atoms with Crippen LogP contribution >= 0.6 is 11.3 Å². The number of nitrogens with zero attached hydrogens (tertiary/aromatic N) is 3. The summed E-state index contributed by atoms with van der Waals surface area (Å²) in [5.41, 5.74) is 2.05. The second kappa shape index (κ2) is 7.83. The van der Waals surface area contributed by atoms with Crippen molar-refractivity contribution >= 4 is 22.9 Å². The third-order valence-electron chi connectivity index (χ3n) is 5.14. The number of aryl methyl sites for hydroxylation is 3. The van der Waals surface area contributed by atoms with E-state index in [4.69, 9.17) is 0 Å². The van der Waals surface area contributed by atoms with Gasteiger partial charge in [-0.3, -0.25) is 4.79 Å². The van der Waals surface area contributed by atoms with Crippen LogP contribution in [-0.4, -0.2) is 20.7 Å². The topological polar surface area (TPSA) is 59.8 Å². The average molecular weight is 399 g/mol. The Morgan fingerprint density at radius 3 is 2.89 bits per heavy atom. The molecule has 0 aliphatic carbocycles. The Hall–Kier alpha value is -2.54. The number of anilines is 1. The fourth-order valence-electron chi connectivity index (χ4n) is 3.63. The van der Waals surface area contributed by atoms with Crippen LogP contribution in [0.2, 0.25) is 0 Å². The summed E-state index contributed by atoms with van der Waals surface area (Å²) in [4.78, 5) is 14.5. The summed E-state index contributed by atoms with van der Waals surface area (Å²) >= 11 is 1.50. The molecule has 0 bridgehead atoms. The summed E-state index contributed by atoms with van der Waals surface area (Å²) in [5.74, 6) is 0.899. The molecule has 0 unspecified atom stereocenters. The second-order valence-electron chi connectivity index (χ2n) is 7.12. The molecule has 2 aromatic heterocycles. The Balaban J connectivity index is 1.62. The number of aromatic nitrogens is 3. The third kappa shape index (κ3) is 3.58. The summed E-state index contributed by atoms with van der Waals surface area (Å²) < 4.78 is 16.6. The number of amides is 1. The molecule has 0 fully saturated rings. The fraction of sp³-hybridized carbons (Fsp3) is 0.381. The van der Waals surface area contributed by atoms with E-state index in [1.807, 2.05) is 17.6 Å². The van der Waals surface area contributed by atoms with Gasteiger partial charge in [0.1, 0.15) is 11.6 Å². The van der Waals surface area contributed by atoms with Gasteiger partial charge in [-0.05, 0) is 56.0 Å². The van der Waals surface area contributed by atoms with Crippen molar-refractivity contribution in [2.24, 2.45) is 0 Å². The molecule has 3 heterocycles. The third-order valence-corrected chi connectivity index (χ3v) is 6.52. The van der Waals surface area contributed by atoms with E-state index in [1.54, 1.807) is 12.1 Å². The highest BCUT2D eigenvalue weighted by Crippen LogP contribution is 2.28. The molecular formula is C21H23FN4OS. The van der Waals surface area contributed by atoms with E-state index >= 15 is 0 Å². The van der Waals surface area contributed by atoms with E-state index in [1.165, 1.54) is 22.3 Å². The zero-order valence-electron chi connectivity index (χ0n) is 16.1. The van der Waals surface area contributed by atoms with Gasteiger partial charge in [0.2, 0.25) is 0 Å². The van der Waals surface area contributed by atoms with Crippen LogP contribution < -0.4 is 5.32 Å². The lowest BCUT2D eigenvalue weighted by Gasteiger charge is -2.10. The van der Waals surface area contributed by atoms with E-state index in [0.29, 0.717) is 22.0 Å². The molecular weight excluding hydrogens is 375 g/mol. The fourth-order valence-corrected chi connectivity index (χ4v) is 4.64. The molecule has 0 atom stereocenters. The molecule has 1 N–H and O–H groups in total. The van der Waals surface area contributed by atoms with Crippen molar-refractivity contribution in [3.63, 3.8) is 0 Å². The van der Waals surface area contributed by atoms with Crippen molar-refractivity contribution in [2.45, 2.75) is 52.5 Å². The first-order chi connectivity index (χ1) is 13.6. The van der Waals surface area contributed by atoms with Crippen molar-refractivity contribution in [1.29, 1.82) is 0 Å². The van der Waals surface area contributed by atoms with E-state index in [-0.39, 0.29) is 11.7 Å². The molecule has 1 aliphatic rings. The van der Waals surface area contributed by atoms with Crippen LogP contribution in [0.3, 0.4) is 0 Å². The Kier molecular flexibility index (Phi) is 5.26. The Morgan fingerprint density at radius 2 is 2.11 bits per heavy atom. The van der Waals surface area contributed by atoms with Crippen molar-refractivity contribution in [3.8, 4) is 11.4 Å². The van der Waals surface area contributed by atoms with Crippen molar-refractivity contribution in [3.05, 3.63) is 51.2 Å². The number of hydrogen-bond acceptors (Lipinski definition) is 4. The lowest BCUT2D eigenvalue weighted by Crippen LogP contribution is -2.11. The highest BCUT2D eigenvalue weighted by atomic mass is 32.1. The number of thiophene rings is 1. The van der Waals surface area contributed by atoms with Gasteiger partial charge in [0.15, 0.2) is 5.82 Å². The summed E-state index contributed by atoms with van der Waals surface area (Å²) in [6.45, 7) is 4.88. The first-order valence-electron chi connectivity index (χ1n) is 9.69. The van der Waals surface area contributed by atoms with Crippen LogP contribution in [0, 0.1) is 12.7 Å². The number of nitrogens with one attached hydrogen (secondary N) is 1. The summed E-state index contributed by atoms with van der Waals surface area (Å²) in [5, 5.41) is 11.4. The molecule has 146 valence electrons. The predicted octanol–water partition coefficient (Wildman–Crippen LogP) is 5.00. The van der Waals surface area contributed by atoms with E-state index in [0.717, 1.165) is 50.0 Å². The predicted molar refractivity (Wildman–Crippen MR) is 109 cm³/mol. The largest absolute Gasteiger partial charge is 0.321 e. The first-order valence-corrected chi connectivity index (χ1v) is 10.5. The molecule has 3 aromatic rings. The molecule has 4 rings (SSSR count). The number of halogens is 1. The maximum atomic E-state index is 14.6. The van der Waals surface area contributed by atoms with Gasteiger partial charge in [0.05, 0.1) is 10.4 Å². The number of carbonyl (C=O) groups is 1. The van der Waals surface area contributed by atoms with E-state index < -0.39 is 0 Å². The zero-order chi connectivity index (χ0) is 19.7. The lowest BCUT2D eigenvalue weighted by molar-refractivity contribution is 0.103. The first kappa shape index (κ1) is 18.8. The van der Waals surface area contributed by atoms with E-state index in [2.05, 4.69) is 22.4 Å². The smallest absolute Gasteiger partial charge is 0.265 e. The molecule has 0 spiro atoms. The van der Waals surface area contributed by atoms with Gasteiger partial charge in [-0.25, -0.2) is 4.39 Å². The summed E-state index contributed by atoms with van der Waals surface area (Å²) in [6, 6.07) is 6.51. The van der Waals surface area contributed by atoms with Gasteiger partial charge >= 0.3 is 0 Å². The van der Waals surface area contributed by atoms with Crippen LogP contribution in [0.5, 0.6) is 0 Å². The highest BCUT2D eigenvalue weighted by Gasteiger charge is 2.20. The van der Waals surface area contributed by atoms with Crippen molar-refractivity contribution < 1.29 is 9.18 Å². The molecule has 7 heteroatoms. The number of rotatable bonds is 4. The Morgan fingerprint density at radius 1 is 1.25 bits per heavy atom. The Bertz CT molecular complexity index is 1020. The molecule has 28 heavy (non-hydrogen) atoms. The second-order valence-corrected chi connectivity index (χ2v) is 8.26. The molecule has 1 aromatic carbocycles. The van der Waals surface area contributed by atoms with Gasteiger partial charge in [-0.15, -0.1) is 21.5 Å². The molecule has 5 nitrogen and oxygen atoms in total.